The molecule has 0 radical (unpaired) electrons. The van der Waals surface area contributed by atoms with Crippen molar-refractivity contribution in [2.45, 2.75) is 12.6 Å². The number of nitrogens with zero attached hydrogens (tertiary/aromatic N) is 2. The highest BCUT2D eigenvalue weighted by Gasteiger charge is 2.12. The number of para-hydroxylation sites is 1. The second-order valence-corrected chi connectivity index (χ2v) is 5.46. The Hall–Kier alpha value is -2.86. The highest BCUT2D eigenvalue weighted by molar-refractivity contribution is 5.81. The quantitative estimate of drug-likeness (QED) is 0.726. The van der Waals surface area contributed by atoms with Gasteiger partial charge >= 0.3 is 0 Å². The molecule has 24 heavy (non-hydrogen) atoms. The Morgan fingerprint density at radius 3 is 2.96 bits per heavy atom. The van der Waals surface area contributed by atoms with Gasteiger partial charge in [0.1, 0.15) is 12.3 Å². The van der Waals surface area contributed by atoms with Crippen LogP contribution in [0.25, 0.3) is 10.9 Å². The van der Waals surface area contributed by atoms with Gasteiger partial charge in [0.25, 0.3) is 0 Å². The molecule has 0 aliphatic carbocycles. The Labute approximate surface area is 139 Å². The summed E-state index contributed by atoms with van der Waals surface area (Å²) in [7, 11) is 1.57. The molecule has 1 aromatic heterocycles. The molecule has 2 N–H and O–H groups in total. The normalized spacial score (nSPS) is 12.1. The summed E-state index contributed by atoms with van der Waals surface area (Å²) in [5, 5.41) is 18.1. The average molecular weight is 325 g/mol. The van der Waals surface area contributed by atoms with Gasteiger partial charge in [0.2, 0.25) is 5.91 Å². The van der Waals surface area contributed by atoms with Crippen LogP contribution < -0.4 is 10.1 Å². The fourth-order valence-electron chi connectivity index (χ4n) is 2.52. The van der Waals surface area contributed by atoms with Crippen LogP contribution in [0.4, 0.5) is 0 Å². The van der Waals surface area contributed by atoms with Gasteiger partial charge in [0.15, 0.2) is 0 Å². The summed E-state index contributed by atoms with van der Waals surface area (Å²) in [6, 6.07) is 14.8. The smallest absolute Gasteiger partial charge is 0.241 e. The van der Waals surface area contributed by atoms with Gasteiger partial charge in [-0.25, -0.2) is 0 Å². The van der Waals surface area contributed by atoms with E-state index in [-0.39, 0.29) is 19.0 Å². The van der Waals surface area contributed by atoms with E-state index in [2.05, 4.69) is 10.4 Å². The van der Waals surface area contributed by atoms with Gasteiger partial charge in [-0.15, -0.1) is 0 Å². The van der Waals surface area contributed by atoms with Crippen molar-refractivity contribution in [2.75, 3.05) is 13.7 Å². The first kappa shape index (κ1) is 16.0. The van der Waals surface area contributed by atoms with Crippen LogP contribution in [0.5, 0.6) is 5.75 Å². The molecule has 0 aliphatic heterocycles. The van der Waals surface area contributed by atoms with Gasteiger partial charge in [-0.05, 0) is 23.8 Å². The molecule has 0 bridgehead atoms. The number of aliphatic hydroxyl groups excluding tert-OH is 1. The van der Waals surface area contributed by atoms with Crippen LogP contribution in [0.2, 0.25) is 0 Å². The molecule has 1 atom stereocenters. The van der Waals surface area contributed by atoms with Crippen molar-refractivity contribution in [1.29, 1.82) is 0 Å². The number of hydrogen-bond acceptors (Lipinski definition) is 4. The molecule has 2 aromatic carbocycles. The molecule has 0 spiro atoms. The van der Waals surface area contributed by atoms with E-state index in [0.29, 0.717) is 11.3 Å². The maximum absolute atomic E-state index is 12.1. The lowest BCUT2D eigenvalue weighted by molar-refractivity contribution is -0.122. The highest BCUT2D eigenvalue weighted by Crippen LogP contribution is 2.18. The van der Waals surface area contributed by atoms with Gasteiger partial charge in [-0.2, -0.15) is 5.10 Å². The SMILES string of the molecule is COc1cccc(C(O)CNC(=O)Cn2ncc3ccccc32)c1. The molecule has 3 rings (SSSR count). The number of nitrogens with one attached hydrogen (secondary N) is 1. The average Bonchev–Trinajstić information content (AvgIpc) is 3.03. The van der Waals surface area contributed by atoms with E-state index in [1.54, 1.807) is 42.3 Å². The number of hydrogen-bond donors (Lipinski definition) is 2. The lowest BCUT2D eigenvalue weighted by Crippen LogP contribution is -2.31. The number of aromatic nitrogens is 2. The number of benzene rings is 2. The third kappa shape index (κ3) is 3.55. The van der Waals surface area contributed by atoms with Crippen LogP contribution in [0.3, 0.4) is 0 Å². The van der Waals surface area contributed by atoms with E-state index in [9.17, 15) is 9.90 Å². The molecule has 6 heteroatoms. The van der Waals surface area contributed by atoms with E-state index < -0.39 is 6.10 Å². The van der Waals surface area contributed by atoms with Crippen LogP contribution in [0.1, 0.15) is 11.7 Å². The van der Waals surface area contributed by atoms with Crippen LogP contribution in [0.15, 0.2) is 54.7 Å². The minimum absolute atomic E-state index is 0.109. The number of rotatable bonds is 6. The van der Waals surface area contributed by atoms with Gasteiger partial charge in [-0.1, -0.05) is 30.3 Å². The van der Waals surface area contributed by atoms with E-state index >= 15 is 0 Å². The minimum atomic E-state index is -0.793. The first-order chi connectivity index (χ1) is 11.7. The van der Waals surface area contributed by atoms with Crippen molar-refractivity contribution >= 4 is 16.8 Å². The molecule has 0 fully saturated rings. The zero-order chi connectivity index (χ0) is 16.9. The highest BCUT2D eigenvalue weighted by atomic mass is 16.5. The molecule has 1 amide bonds. The van der Waals surface area contributed by atoms with E-state index in [1.165, 1.54) is 0 Å². The largest absolute Gasteiger partial charge is 0.497 e. The number of aliphatic hydroxyl groups is 1. The van der Waals surface area contributed by atoms with Crippen LogP contribution >= 0.6 is 0 Å². The summed E-state index contributed by atoms with van der Waals surface area (Å²) in [6.45, 7) is 0.240. The summed E-state index contributed by atoms with van der Waals surface area (Å²) in [5.74, 6) is 0.465. The van der Waals surface area contributed by atoms with Crippen molar-refractivity contribution < 1.29 is 14.6 Å². The number of carbonyl (C=O) groups is 1. The summed E-state index contributed by atoms with van der Waals surface area (Å²) in [6.07, 6.45) is 0.937. The van der Waals surface area contributed by atoms with Gasteiger partial charge < -0.3 is 15.2 Å². The monoisotopic (exact) mass is 325 g/mol. The first-order valence-corrected chi connectivity index (χ1v) is 7.66. The summed E-state index contributed by atoms with van der Waals surface area (Å²) in [4.78, 5) is 12.1. The fraction of sp³-hybridized carbons (Fsp3) is 0.222. The Balaban J connectivity index is 1.59. The molecule has 3 aromatic rings. The lowest BCUT2D eigenvalue weighted by Gasteiger charge is -2.13. The van der Waals surface area contributed by atoms with E-state index in [4.69, 9.17) is 4.74 Å². The molecule has 0 saturated heterocycles. The molecule has 0 saturated carbocycles. The van der Waals surface area contributed by atoms with Crippen LogP contribution in [-0.2, 0) is 11.3 Å². The fourth-order valence-corrected chi connectivity index (χ4v) is 2.52. The predicted octanol–water partition coefficient (Wildman–Crippen LogP) is 1.89. The van der Waals surface area contributed by atoms with Crippen LogP contribution in [0, 0.1) is 0 Å². The summed E-state index contributed by atoms with van der Waals surface area (Å²) >= 11 is 0. The molecular weight excluding hydrogens is 306 g/mol. The van der Waals surface area contributed by atoms with E-state index in [0.717, 1.165) is 10.9 Å². The Morgan fingerprint density at radius 2 is 2.12 bits per heavy atom. The van der Waals surface area contributed by atoms with Crippen molar-refractivity contribution in [3.05, 3.63) is 60.3 Å². The van der Waals surface area contributed by atoms with Crippen molar-refractivity contribution in [1.82, 2.24) is 15.1 Å². The van der Waals surface area contributed by atoms with Crippen LogP contribution in [-0.4, -0.2) is 34.4 Å². The second kappa shape index (κ2) is 7.14. The Kier molecular flexibility index (Phi) is 4.77. The third-order valence-corrected chi connectivity index (χ3v) is 3.82. The van der Waals surface area contributed by atoms with E-state index in [1.807, 2.05) is 24.3 Å². The first-order valence-electron chi connectivity index (χ1n) is 7.66. The molecular formula is C18H19N3O3. The predicted molar refractivity (Wildman–Crippen MR) is 90.7 cm³/mol. The maximum atomic E-state index is 12.1. The third-order valence-electron chi connectivity index (χ3n) is 3.82. The van der Waals surface area contributed by atoms with Crippen molar-refractivity contribution in [3.63, 3.8) is 0 Å². The van der Waals surface area contributed by atoms with Gasteiger partial charge in [0, 0.05) is 11.9 Å². The Bertz CT molecular complexity index is 844. The molecule has 1 heterocycles. The zero-order valence-electron chi connectivity index (χ0n) is 13.3. The Morgan fingerprint density at radius 1 is 1.29 bits per heavy atom. The zero-order valence-corrected chi connectivity index (χ0v) is 13.3. The summed E-state index contributed by atoms with van der Waals surface area (Å²) < 4.78 is 6.77. The number of ether oxygens (including phenoxy) is 1. The number of carbonyl (C=O) groups excluding carboxylic acids is 1. The number of methoxy groups -OCH3 is 1. The summed E-state index contributed by atoms with van der Waals surface area (Å²) in [5.41, 5.74) is 1.60. The topological polar surface area (TPSA) is 76.4 Å². The minimum Gasteiger partial charge on any atom is -0.497 e. The number of amides is 1. The number of fused-ring (bicyclic) bond motifs is 1. The molecule has 0 aliphatic rings. The molecule has 1 unspecified atom stereocenters. The second-order valence-electron chi connectivity index (χ2n) is 5.46. The van der Waals surface area contributed by atoms with Gasteiger partial charge in [-0.3, -0.25) is 9.48 Å². The standard InChI is InChI=1S/C18H19N3O3/c1-24-15-7-4-6-13(9-15)17(22)11-19-18(23)12-21-16-8-3-2-5-14(16)10-20-21/h2-10,17,22H,11-12H2,1H3,(H,19,23). The maximum Gasteiger partial charge on any atom is 0.241 e. The van der Waals surface area contributed by atoms with Crippen molar-refractivity contribution in [3.8, 4) is 5.75 Å². The molecule has 124 valence electrons. The lowest BCUT2D eigenvalue weighted by atomic mass is 10.1. The van der Waals surface area contributed by atoms with Crippen molar-refractivity contribution in [2.24, 2.45) is 0 Å². The molecule has 6 nitrogen and oxygen atoms in total. The van der Waals surface area contributed by atoms with Gasteiger partial charge in [0.05, 0.1) is 24.9 Å².